The van der Waals surface area contributed by atoms with Gasteiger partial charge in [0.1, 0.15) is 17.2 Å². The third kappa shape index (κ3) is 1.59. The van der Waals surface area contributed by atoms with Crippen LogP contribution in [-0.4, -0.2) is 15.4 Å². The molecule has 0 bridgehead atoms. The molecular weight excluding hydrogens is 218 g/mol. The highest BCUT2D eigenvalue weighted by Crippen LogP contribution is 2.31. The number of phenols is 2. The van der Waals surface area contributed by atoms with Gasteiger partial charge in [0.05, 0.1) is 5.39 Å². The summed E-state index contributed by atoms with van der Waals surface area (Å²) in [5.41, 5.74) is 1.95. The molecule has 0 atom stereocenters. The average molecular weight is 227 g/mol. The number of hydrogen-bond acceptors (Lipinski definition) is 4. The summed E-state index contributed by atoms with van der Waals surface area (Å²) in [6, 6.07) is 11.5. The van der Waals surface area contributed by atoms with Crippen molar-refractivity contribution in [3.05, 3.63) is 42.5 Å². The van der Waals surface area contributed by atoms with Gasteiger partial charge in [0.25, 0.3) is 0 Å². The average Bonchev–Trinajstić information content (AvgIpc) is 2.71. The Balaban J connectivity index is 2.27. The van der Waals surface area contributed by atoms with Crippen LogP contribution in [0.1, 0.15) is 0 Å². The van der Waals surface area contributed by atoms with Crippen LogP contribution in [0.2, 0.25) is 0 Å². The second-order valence-corrected chi connectivity index (χ2v) is 3.76. The monoisotopic (exact) mass is 227 g/mol. The molecule has 4 heteroatoms. The summed E-state index contributed by atoms with van der Waals surface area (Å²) in [5, 5.41) is 23.6. The van der Waals surface area contributed by atoms with Crippen LogP contribution in [0.3, 0.4) is 0 Å². The molecule has 0 aliphatic heterocycles. The van der Waals surface area contributed by atoms with E-state index in [1.807, 2.05) is 6.07 Å². The van der Waals surface area contributed by atoms with E-state index < -0.39 is 0 Å². The summed E-state index contributed by atoms with van der Waals surface area (Å²) in [7, 11) is 0. The number of rotatable bonds is 1. The molecule has 4 nitrogen and oxygen atoms in total. The van der Waals surface area contributed by atoms with Crippen LogP contribution in [0.25, 0.3) is 22.2 Å². The Kier molecular flexibility index (Phi) is 2.01. The first kappa shape index (κ1) is 9.72. The van der Waals surface area contributed by atoms with Crippen molar-refractivity contribution in [1.82, 2.24) is 5.16 Å². The molecule has 1 aromatic heterocycles. The van der Waals surface area contributed by atoms with Crippen LogP contribution in [0.5, 0.6) is 11.5 Å². The number of phenolic OH excluding ortho intramolecular Hbond substituents is 2. The molecule has 0 fully saturated rings. The molecule has 0 aliphatic rings. The lowest BCUT2D eigenvalue weighted by Crippen LogP contribution is -1.77. The van der Waals surface area contributed by atoms with Gasteiger partial charge in [-0.25, -0.2) is 0 Å². The van der Waals surface area contributed by atoms with Gasteiger partial charge in [-0.3, -0.25) is 0 Å². The quantitative estimate of drug-likeness (QED) is 0.670. The van der Waals surface area contributed by atoms with Gasteiger partial charge in [-0.15, -0.1) is 0 Å². The lowest BCUT2D eigenvalue weighted by atomic mass is 10.1. The van der Waals surface area contributed by atoms with E-state index in [1.54, 1.807) is 36.4 Å². The van der Waals surface area contributed by atoms with Gasteiger partial charge in [0.2, 0.25) is 0 Å². The molecule has 0 unspecified atom stereocenters. The minimum Gasteiger partial charge on any atom is -0.508 e. The fourth-order valence-electron chi connectivity index (χ4n) is 1.79. The van der Waals surface area contributed by atoms with Crippen molar-refractivity contribution >= 4 is 11.0 Å². The number of fused-ring (bicyclic) bond motifs is 1. The molecule has 0 amide bonds. The Labute approximate surface area is 96.7 Å². The number of aromatic hydroxyl groups is 2. The molecule has 17 heavy (non-hydrogen) atoms. The molecule has 0 saturated carbocycles. The van der Waals surface area contributed by atoms with E-state index in [-0.39, 0.29) is 11.5 Å². The molecule has 2 N–H and O–H groups in total. The van der Waals surface area contributed by atoms with Gasteiger partial charge in [-0.1, -0.05) is 17.3 Å². The van der Waals surface area contributed by atoms with E-state index >= 15 is 0 Å². The third-order valence-electron chi connectivity index (χ3n) is 2.57. The molecule has 3 aromatic rings. The van der Waals surface area contributed by atoms with Gasteiger partial charge >= 0.3 is 0 Å². The largest absolute Gasteiger partial charge is 0.508 e. The Bertz CT molecular complexity index is 688. The van der Waals surface area contributed by atoms with Crippen molar-refractivity contribution in [3.8, 4) is 22.8 Å². The Morgan fingerprint density at radius 3 is 2.59 bits per heavy atom. The second kappa shape index (κ2) is 3.52. The zero-order valence-corrected chi connectivity index (χ0v) is 8.79. The van der Waals surface area contributed by atoms with Crippen LogP contribution >= 0.6 is 0 Å². The van der Waals surface area contributed by atoms with E-state index in [1.165, 1.54) is 0 Å². The zero-order chi connectivity index (χ0) is 11.8. The van der Waals surface area contributed by atoms with Crippen LogP contribution in [0.15, 0.2) is 47.0 Å². The zero-order valence-electron chi connectivity index (χ0n) is 8.79. The predicted molar refractivity (Wildman–Crippen MR) is 62.8 cm³/mol. The summed E-state index contributed by atoms with van der Waals surface area (Å²) in [6.45, 7) is 0. The lowest BCUT2D eigenvalue weighted by Gasteiger charge is -1.98. The Hall–Kier alpha value is -2.49. The highest BCUT2D eigenvalue weighted by molar-refractivity contribution is 5.92. The van der Waals surface area contributed by atoms with E-state index in [0.717, 1.165) is 10.9 Å². The van der Waals surface area contributed by atoms with E-state index in [4.69, 9.17) is 4.52 Å². The number of aromatic nitrogens is 1. The topological polar surface area (TPSA) is 66.5 Å². The fourth-order valence-corrected chi connectivity index (χ4v) is 1.79. The maximum Gasteiger partial charge on any atom is 0.167 e. The van der Waals surface area contributed by atoms with Gasteiger partial charge in [-0.05, 0) is 30.3 Å². The number of benzene rings is 2. The van der Waals surface area contributed by atoms with Crippen LogP contribution in [0, 0.1) is 0 Å². The maximum atomic E-state index is 9.46. The third-order valence-corrected chi connectivity index (χ3v) is 2.57. The number of hydrogen-bond donors (Lipinski definition) is 2. The molecule has 1 heterocycles. The standard InChI is InChI=1S/C13H9NO3/c15-9-3-1-2-8(6-9)13-11-7-10(16)4-5-12(11)17-14-13/h1-7,15-16H. The summed E-state index contributed by atoms with van der Waals surface area (Å²) >= 11 is 0. The highest BCUT2D eigenvalue weighted by Gasteiger charge is 2.11. The van der Waals surface area contributed by atoms with Crippen LogP contribution < -0.4 is 0 Å². The first-order valence-corrected chi connectivity index (χ1v) is 5.12. The van der Waals surface area contributed by atoms with Crippen LogP contribution in [-0.2, 0) is 0 Å². The lowest BCUT2D eigenvalue weighted by molar-refractivity contribution is 0.457. The summed E-state index contributed by atoms with van der Waals surface area (Å²) in [4.78, 5) is 0. The van der Waals surface area contributed by atoms with Crippen molar-refractivity contribution in [3.63, 3.8) is 0 Å². The van der Waals surface area contributed by atoms with Crippen molar-refractivity contribution in [2.24, 2.45) is 0 Å². The van der Waals surface area contributed by atoms with Gasteiger partial charge in [-0.2, -0.15) is 0 Å². The maximum absolute atomic E-state index is 9.46. The molecule has 84 valence electrons. The van der Waals surface area contributed by atoms with E-state index in [0.29, 0.717) is 11.3 Å². The van der Waals surface area contributed by atoms with Crippen molar-refractivity contribution in [2.75, 3.05) is 0 Å². The van der Waals surface area contributed by atoms with Gasteiger partial charge in [0.15, 0.2) is 5.58 Å². The Morgan fingerprint density at radius 2 is 1.76 bits per heavy atom. The second-order valence-electron chi connectivity index (χ2n) is 3.76. The fraction of sp³-hybridized carbons (Fsp3) is 0. The van der Waals surface area contributed by atoms with Crippen molar-refractivity contribution < 1.29 is 14.7 Å². The molecule has 0 radical (unpaired) electrons. The first-order valence-electron chi connectivity index (χ1n) is 5.12. The SMILES string of the molecule is Oc1cccc(-c2noc3ccc(O)cc23)c1. The van der Waals surface area contributed by atoms with Gasteiger partial charge < -0.3 is 14.7 Å². The minimum atomic E-state index is 0.155. The molecule has 2 aromatic carbocycles. The molecule has 3 rings (SSSR count). The van der Waals surface area contributed by atoms with E-state index in [2.05, 4.69) is 5.16 Å². The highest BCUT2D eigenvalue weighted by atomic mass is 16.5. The Morgan fingerprint density at radius 1 is 0.941 bits per heavy atom. The first-order chi connectivity index (χ1) is 8.24. The van der Waals surface area contributed by atoms with E-state index in [9.17, 15) is 10.2 Å². The minimum absolute atomic E-state index is 0.155. The van der Waals surface area contributed by atoms with Crippen molar-refractivity contribution in [1.29, 1.82) is 0 Å². The predicted octanol–water partition coefficient (Wildman–Crippen LogP) is 2.91. The molecular formula is C13H9NO3. The molecule has 0 aliphatic carbocycles. The summed E-state index contributed by atoms with van der Waals surface area (Å²) < 4.78 is 5.16. The van der Waals surface area contributed by atoms with Crippen molar-refractivity contribution in [2.45, 2.75) is 0 Å². The van der Waals surface area contributed by atoms with Crippen LogP contribution in [0.4, 0.5) is 0 Å². The smallest absolute Gasteiger partial charge is 0.167 e. The summed E-state index contributed by atoms with van der Waals surface area (Å²) in [6.07, 6.45) is 0. The van der Waals surface area contributed by atoms with Gasteiger partial charge in [0, 0.05) is 5.56 Å². The number of nitrogens with zero attached hydrogens (tertiary/aromatic N) is 1. The summed E-state index contributed by atoms with van der Waals surface area (Å²) in [5.74, 6) is 0.320. The molecule has 0 saturated heterocycles. The normalized spacial score (nSPS) is 10.8. The molecule has 0 spiro atoms.